The molecule has 0 fully saturated rings. The van der Waals surface area contributed by atoms with Crippen LogP contribution in [0.15, 0.2) is 35.3 Å². The van der Waals surface area contributed by atoms with Crippen molar-refractivity contribution in [2.75, 3.05) is 7.11 Å². The first-order valence-corrected chi connectivity index (χ1v) is 9.63. The van der Waals surface area contributed by atoms with E-state index in [1.807, 2.05) is 20.8 Å². The van der Waals surface area contributed by atoms with Crippen LogP contribution >= 0.6 is 0 Å². The number of carbonyl (C=O) groups is 1. The number of ether oxygens (including phenoxy) is 1. The molecule has 1 atom stereocenters. The fourth-order valence-corrected chi connectivity index (χ4v) is 3.94. The van der Waals surface area contributed by atoms with E-state index in [1.54, 1.807) is 15.3 Å². The number of carboxylic acids is 1. The molecule has 2 aromatic heterocycles. The molecule has 0 aliphatic carbocycles. The van der Waals surface area contributed by atoms with Crippen molar-refractivity contribution in [3.63, 3.8) is 0 Å². The molecule has 0 saturated carbocycles. The Bertz CT molecular complexity index is 1270. The SMILES string of the molecule is COc1c(-c2cc3n(n2)C[C@@H](C(C)(C)C)n2cc(C(=O)O)c(=O)cc2-3)ccc(F)c1F. The molecule has 0 spiro atoms. The number of carboxylic acid groups (broad SMARTS) is 1. The zero-order valence-electron chi connectivity index (χ0n) is 17.4. The van der Waals surface area contributed by atoms with E-state index in [4.69, 9.17) is 4.74 Å². The second kappa shape index (κ2) is 7.04. The average molecular weight is 429 g/mol. The Labute approximate surface area is 176 Å². The molecule has 4 rings (SSSR count). The van der Waals surface area contributed by atoms with E-state index in [9.17, 15) is 23.5 Å². The normalized spacial score (nSPS) is 15.4. The lowest BCUT2D eigenvalue weighted by Crippen LogP contribution is -2.35. The molecule has 31 heavy (non-hydrogen) atoms. The summed E-state index contributed by atoms with van der Waals surface area (Å²) >= 11 is 0. The van der Waals surface area contributed by atoms with Crippen LogP contribution in [0.25, 0.3) is 22.6 Å². The van der Waals surface area contributed by atoms with E-state index in [2.05, 4.69) is 5.10 Å². The van der Waals surface area contributed by atoms with Gasteiger partial charge in [0.2, 0.25) is 5.82 Å². The highest BCUT2D eigenvalue weighted by Gasteiger charge is 2.35. The minimum absolute atomic E-state index is 0.201. The fourth-order valence-electron chi connectivity index (χ4n) is 3.94. The van der Waals surface area contributed by atoms with Crippen LogP contribution in [0.2, 0.25) is 0 Å². The van der Waals surface area contributed by atoms with Crippen molar-refractivity contribution in [1.82, 2.24) is 14.3 Å². The Morgan fingerprint density at radius 3 is 2.55 bits per heavy atom. The summed E-state index contributed by atoms with van der Waals surface area (Å²) in [6.45, 7) is 6.43. The Balaban J connectivity index is 1.96. The van der Waals surface area contributed by atoms with Crippen LogP contribution in [0.3, 0.4) is 0 Å². The summed E-state index contributed by atoms with van der Waals surface area (Å²) in [5.74, 6) is -3.70. The van der Waals surface area contributed by atoms with Crippen LogP contribution < -0.4 is 10.2 Å². The lowest BCUT2D eigenvalue weighted by Gasteiger charge is -2.38. The van der Waals surface area contributed by atoms with Crippen molar-refractivity contribution < 1.29 is 23.4 Å². The topological polar surface area (TPSA) is 86.3 Å². The zero-order chi connectivity index (χ0) is 22.7. The summed E-state index contributed by atoms with van der Waals surface area (Å²) in [6, 6.07) is 5.11. The summed E-state index contributed by atoms with van der Waals surface area (Å²) < 4.78 is 36.4. The number of rotatable bonds is 3. The number of halogens is 2. The summed E-state index contributed by atoms with van der Waals surface area (Å²) in [5, 5.41) is 14.0. The van der Waals surface area contributed by atoms with Crippen molar-refractivity contribution in [1.29, 1.82) is 0 Å². The Morgan fingerprint density at radius 2 is 1.94 bits per heavy atom. The van der Waals surface area contributed by atoms with Gasteiger partial charge in [0.05, 0.1) is 36.8 Å². The Morgan fingerprint density at radius 1 is 1.23 bits per heavy atom. The smallest absolute Gasteiger partial charge is 0.341 e. The van der Waals surface area contributed by atoms with Gasteiger partial charge in [0, 0.05) is 17.8 Å². The molecule has 0 saturated heterocycles. The molecule has 1 N–H and O–H groups in total. The van der Waals surface area contributed by atoms with Gasteiger partial charge in [0.15, 0.2) is 17.0 Å². The van der Waals surface area contributed by atoms with Gasteiger partial charge < -0.3 is 14.4 Å². The maximum Gasteiger partial charge on any atom is 0.341 e. The molecule has 1 aromatic carbocycles. The molecule has 9 heteroatoms. The molecule has 7 nitrogen and oxygen atoms in total. The van der Waals surface area contributed by atoms with Crippen LogP contribution in [-0.4, -0.2) is 32.5 Å². The van der Waals surface area contributed by atoms with E-state index in [0.717, 1.165) is 6.07 Å². The van der Waals surface area contributed by atoms with E-state index in [-0.39, 0.29) is 28.3 Å². The van der Waals surface area contributed by atoms with E-state index < -0.39 is 23.0 Å². The quantitative estimate of drug-likeness (QED) is 0.681. The molecular formula is C22H21F2N3O4. The third-order valence-corrected chi connectivity index (χ3v) is 5.56. The number of hydrogen-bond donors (Lipinski definition) is 1. The van der Waals surface area contributed by atoms with Gasteiger partial charge >= 0.3 is 5.97 Å². The van der Waals surface area contributed by atoms with Gasteiger partial charge in [-0.25, -0.2) is 9.18 Å². The number of aromatic carboxylic acids is 1. The maximum atomic E-state index is 14.2. The molecule has 0 bridgehead atoms. The van der Waals surface area contributed by atoms with Crippen molar-refractivity contribution in [2.45, 2.75) is 33.4 Å². The molecule has 0 unspecified atom stereocenters. The van der Waals surface area contributed by atoms with Gasteiger partial charge in [-0.15, -0.1) is 0 Å². The summed E-state index contributed by atoms with van der Waals surface area (Å²) in [4.78, 5) is 23.9. The van der Waals surface area contributed by atoms with Crippen molar-refractivity contribution >= 4 is 5.97 Å². The van der Waals surface area contributed by atoms with Gasteiger partial charge in [-0.3, -0.25) is 9.48 Å². The van der Waals surface area contributed by atoms with E-state index >= 15 is 0 Å². The number of fused-ring (bicyclic) bond motifs is 3. The molecule has 3 heterocycles. The predicted molar refractivity (Wildman–Crippen MR) is 109 cm³/mol. The summed E-state index contributed by atoms with van der Waals surface area (Å²) in [7, 11) is 1.25. The van der Waals surface area contributed by atoms with Crippen molar-refractivity contribution in [3.05, 3.63) is 57.9 Å². The Kier molecular flexibility index (Phi) is 4.72. The lowest BCUT2D eigenvalue weighted by molar-refractivity contribution is 0.0693. The fraction of sp³-hybridized carbons (Fsp3) is 0.318. The standard InChI is InChI=1S/C22H21F2N3O4/c1-22(2,3)18-10-27-16(15-8-17(28)12(21(29)30)9-26(15)18)7-14(25-27)11-5-6-13(23)19(24)20(11)31-4/h5-9,18H,10H2,1-4H3,(H,29,30)/t18-/m0/s1. The molecule has 1 aliphatic rings. The molecule has 0 amide bonds. The first kappa shape index (κ1) is 20.8. The second-order valence-corrected chi connectivity index (χ2v) is 8.57. The molecule has 3 aromatic rings. The van der Waals surface area contributed by atoms with Crippen LogP contribution in [0, 0.1) is 17.0 Å². The third kappa shape index (κ3) is 3.30. The zero-order valence-corrected chi connectivity index (χ0v) is 17.4. The Hall–Kier alpha value is -3.49. The van der Waals surface area contributed by atoms with Gasteiger partial charge in [-0.05, 0) is 23.6 Å². The first-order valence-electron chi connectivity index (χ1n) is 9.63. The number of hydrogen-bond acceptors (Lipinski definition) is 4. The monoisotopic (exact) mass is 429 g/mol. The van der Waals surface area contributed by atoms with Gasteiger partial charge in [0.1, 0.15) is 5.56 Å². The van der Waals surface area contributed by atoms with Crippen molar-refractivity contribution in [3.8, 4) is 28.4 Å². The number of methoxy groups -OCH3 is 1. The highest BCUT2D eigenvalue weighted by Crippen LogP contribution is 2.41. The van der Waals surface area contributed by atoms with Gasteiger partial charge in [0.25, 0.3) is 0 Å². The third-order valence-electron chi connectivity index (χ3n) is 5.56. The lowest BCUT2D eigenvalue weighted by atomic mass is 9.85. The largest absolute Gasteiger partial charge is 0.493 e. The highest BCUT2D eigenvalue weighted by atomic mass is 19.2. The maximum absolute atomic E-state index is 14.2. The van der Waals surface area contributed by atoms with Gasteiger partial charge in [-0.1, -0.05) is 20.8 Å². The number of nitrogens with zero attached hydrogens (tertiary/aromatic N) is 3. The number of aromatic nitrogens is 3. The van der Waals surface area contributed by atoms with Crippen LogP contribution in [0.1, 0.15) is 37.2 Å². The molecular weight excluding hydrogens is 408 g/mol. The van der Waals surface area contributed by atoms with E-state index in [1.165, 1.54) is 25.4 Å². The summed E-state index contributed by atoms with van der Waals surface area (Å²) in [6.07, 6.45) is 1.37. The summed E-state index contributed by atoms with van der Waals surface area (Å²) in [5.41, 5.74) is 0.468. The second-order valence-electron chi connectivity index (χ2n) is 8.57. The predicted octanol–water partition coefficient (Wildman–Crippen LogP) is 3.96. The van der Waals surface area contributed by atoms with Gasteiger partial charge in [-0.2, -0.15) is 9.49 Å². The van der Waals surface area contributed by atoms with Crippen LogP contribution in [0.4, 0.5) is 8.78 Å². The number of benzene rings is 1. The molecule has 162 valence electrons. The molecule has 1 aliphatic heterocycles. The van der Waals surface area contributed by atoms with Crippen LogP contribution in [-0.2, 0) is 6.54 Å². The van der Waals surface area contributed by atoms with Crippen molar-refractivity contribution in [2.24, 2.45) is 5.41 Å². The highest BCUT2D eigenvalue weighted by molar-refractivity contribution is 5.87. The average Bonchev–Trinajstić information content (AvgIpc) is 3.12. The van der Waals surface area contributed by atoms with E-state index in [0.29, 0.717) is 23.6 Å². The molecule has 0 radical (unpaired) electrons. The number of pyridine rings is 1. The first-order chi connectivity index (χ1) is 14.5. The minimum atomic E-state index is -1.29. The van der Waals surface area contributed by atoms with Crippen LogP contribution in [0.5, 0.6) is 5.75 Å². The minimum Gasteiger partial charge on any atom is -0.493 e.